The van der Waals surface area contributed by atoms with Crippen molar-refractivity contribution in [3.05, 3.63) is 35.4 Å². The molecule has 1 saturated carbocycles. The van der Waals surface area contributed by atoms with Crippen molar-refractivity contribution in [2.45, 2.75) is 37.9 Å². The maximum Gasteiger partial charge on any atom is 0.416 e. The van der Waals surface area contributed by atoms with Gasteiger partial charge < -0.3 is 11.1 Å². The van der Waals surface area contributed by atoms with Crippen molar-refractivity contribution in [3.8, 4) is 0 Å². The molecule has 1 aromatic rings. The lowest BCUT2D eigenvalue weighted by atomic mass is 10.0. The Kier molecular flexibility index (Phi) is 6.68. The summed E-state index contributed by atoms with van der Waals surface area (Å²) in [4.78, 5) is 12.0. The van der Waals surface area contributed by atoms with Crippen LogP contribution in [-0.4, -0.2) is 18.5 Å². The Balaban J connectivity index is 0.00000242. The van der Waals surface area contributed by atoms with Crippen LogP contribution in [0, 0.1) is 5.92 Å². The molecule has 3 nitrogen and oxygen atoms in total. The number of halogens is 4. The second kappa shape index (κ2) is 7.83. The van der Waals surface area contributed by atoms with Crippen LogP contribution in [0.25, 0.3) is 0 Å². The first-order valence-corrected chi connectivity index (χ1v) is 7.06. The van der Waals surface area contributed by atoms with Crippen molar-refractivity contribution >= 4 is 18.3 Å². The van der Waals surface area contributed by atoms with E-state index in [1.165, 1.54) is 18.2 Å². The molecule has 0 bridgehead atoms. The first-order chi connectivity index (χ1) is 9.91. The Bertz CT molecular complexity index is 508. The zero-order valence-electron chi connectivity index (χ0n) is 12.0. The highest BCUT2D eigenvalue weighted by atomic mass is 35.5. The highest BCUT2D eigenvalue weighted by Gasteiger charge is 2.34. The number of amides is 1. The SMILES string of the molecule is Cl.NCC1CCCC1NC(=O)Cc1ccccc1C(F)(F)F. The number of hydrogen-bond acceptors (Lipinski definition) is 2. The number of rotatable bonds is 4. The van der Waals surface area contributed by atoms with Crippen LogP contribution in [0.15, 0.2) is 24.3 Å². The van der Waals surface area contributed by atoms with Crippen LogP contribution in [0.3, 0.4) is 0 Å². The van der Waals surface area contributed by atoms with Crippen molar-refractivity contribution in [1.82, 2.24) is 5.32 Å². The van der Waals surface area contributed by atoms with E-state index in [1.807, 2.05) is 0 Å². The normalized spacial score (nSPS) is 21.3. The van der Waals surface area contributed by atoms with Crippen LogP contribution in [-0.2, 0) is 17.4 Å². The first kappa shape index (κ1) is 18.8. The summed E-state index contributed by atoms with van der Waals surface area (Å²) in [6.45, 7) is 0.490. The summed E-state index contributed by atoms with van der Waals surface area (Å²) < 4.78 is 38.6. The Morgan fingerprint density at radius 3 is 2.59 bits per heavy atom. The summed E-state index contributed by atoms with van der Waals surface area (Å²) in [7, 11) is 0. The molecule has 0 radical (unpaired) electrons. The van der Waals surface area contributed by atoms with Crippen molar-refractivity contribution in [2.24, 2.45) is 11.7 Å². The lowest BCUT2D eigenvalue weighted by molar-refractivity contribution is -0.138. The molecule has 2 unspecified atom stereocenters. The molecule has 1 aliphatic rings. The van der Waals surface area contributed by atoms with Gasteiger partial charge in [0.2, 0.25) is 5.91 Å². The highest BCUT2D eigenvalue weighted by Crippen LogP contribution is 2.32. The van der Waals surface area contributed by atoms with Crippen LogP contribution in [0.1, 0.15) is 30.4 Å². The largest absolute Gasteiger partial charge is 0.416 e. The van der Waals surface area contributed by atoms with Crippen molar-refractivity contribution in [2.75, 3.05) is 6.54 Å². The third-order valence-electron chi connectivity index (χ3n) is 3.98. The highest BCUT2D eigenvalue weighted by molar-refractivity contribution is 5.85. The Labute approximate surface area is 133 Å². The molecule has 3 N–H and O–H groups in total. The van der Waals surface area contributed by atoms with E-state index in [1.54, 1.807) is 0 Å². The lowest BCUT2D eigenvalue weighted by Crippen LogP contribution is -2.40. The second-order valence-electron chi connectivity index (χ2n) is 5.43. The van der Waals surface area contributed by atoms with Gasteiger partial charge in [-0.2, -0.15) is 13.2 Å². The summed E-state index contributed by atoms with van der Waals surface area (Å²) >= 11 is 0. The molecule has 7 heteroatoms. The molecule has 0 spiro atoms. The lowest BCUT2D eigenvalue weighted by Gasteiger charge is -2.20. The van der Waals surface area contributed by atoms with Gasteiger partial charge in [-0.1, -0.05) is 24.6 Å². The van der Waals surface area contributed by atoms with Crippen molar-refractivity contribution < 1.29 is 18.0 Å². The van der Waals surface area contributed by atoms with Crippen LogP contribution in [0.4, 0.5) is 13.2 Å². The van der Waals surface area contributed by atoms with Crippen LogP contribution < -0.4 is 11.1 Å². The predicted octanol–water partition coefficient (Wildman–Crippen LogP) is 2.91. The molecule has 0 aromatic heterocycles. The number of alkyl halides is 3. The summed E-state index contributed by atoms with van der Waals surface area (Å²) in [6.07, 6.45) is -1.91. The molecule has 1 fully saturated rings. The standard InChI is InChI=1S/C15H19F3N2O.ClH/c16-15(17,18)12-6-2-1-4-10(12)8-14(21)20-13-7-3-5-11(13)9-19;/h1-2,4,6,11,13H,3,5,7-9,19H2,(H,20,21);1H. The van der Waals surface area contributed by atoms with Gasteiger partial charge in [0.15, 0.2) is 0 Å². The van der Waals surface area contributed by atoms with E-state index in [4.69, 9.17) is 5.73 Å². The van der Waals surface area contributed by atoms with E-state index in [9.17, 15) is 18.0 Å². The van der Waals surface area contributed by atoms with Gasteiger partial charge in [0.05, 0.1) is 12.0 Å². The molecule has 2 rings (SSSR count). The fraction of sp³-hybridized carbons (Fsp3) is 0.533. The molecular formula is C15H20ClF3N2O. The number of carbonyl (C=O) groups excluding carboxylic acids is 1. The molecule has 1 amide bonds. The summed E-state index contributed by atoms with van der Waals surface area (Å²) in [5, 5.41) is 2.82. The van der Waals surface area contributed by atoms with Crippen molar-refractivity contribution in [3.63, 3.8) is 0 Å². The van der Waals surface area contributed by atoms with Gasteiger partial charge in [-0.3, -0.25) is 4.79 Å². The van der Waals surface area contributed by atoms with Gasteiger partial charge in [-0.25, -0.2) is 0 Å². The average molecular weight is 337 g/mol. The van der Waals surface area contributed by atoms with E-state index in [-0.39, 0.29) is 42.3 Å². The third-order valence-corrected chi connectivity index (χ3v) is 3.98. The minimum atomic E-state index is -4.44. The van der Waals surface area contributed by atoms with Gasteiger partial charge in [0, 0.05) is 6.04 Å². The van der Waals surface area contributed by atoms with Gasteiger partial charge >= 0.3 is 6.18 Å². The maximum atomic E-state index is 12.9. The quantitative estimate of drug-likeness (QED) is 0.888. The van der Waals surface area contributed by atoms with E-state index in [0.29, 0.717) is 6.54 Å². The monoisotopic (exact) mass is 336 g/mol. The minimum Gasteiger partial charge on any atom is -0.353 e. The van der Waals surface area contributed by atoms with Crippen LogP contribution in [0.2, 0.25) is 0 Å². The fourth-order valence-corrected chi connectivity index (χ4v) is 2.89. The topological polar surface area (TPSA) is 55.1 Å². The molecule has 22 heavy (non-hydrogen) atoms. The fourth-order valence-electron chi connectivity index (χ4n) is 2.89. The number of benzene rings is 1. The minimum absolute atomic E-state index is 0. The van der Waals surface area contributed by atoms with Gasteiger partial charge in [0.1, 0.15) is 0 Å². The Morgan fingerprint density at radius 2 is 1.95 bits per heavy atom. The Hall–Kier alpha value is -1.27. The predicted molar refractivity (Wildman–Crippen MR) is 80.7 cm³/mol. The second-order valence-corrected chi connectivity index (χ2v) is 5.43. The summed E-state index contributed by atoms with van der Waals surface area (Å²) in [5.41, 5.74) is 4.89. The summed E-state index contributed by atoms with van der Waals surface area (Å²) in [5.74, 6) is -0.149. The smallest absolute Gasteiger partial charge is 0.353 e. The summed E-state index contributed by atoms with van der Waals surface area (Å²) in [6, 6.07) is 5.17. The van der Waals surface area contributed by atoms with Crippen LogP contribution >= 0.6 is 12.4 Å². The van der Waals surface area contributed by atoms with Crippen LogP contribution in [0.5, 0.6) is 0 Å². The van der Waals surface area contributed by atoms with Gasteiger partial charge in [-0.05, 0) is 36.9 Å². The van der Waals surface area contributed by atoms with E-state index in [2.05, 4.69) is 5.32 Å². The zero-order valence-corrected chi connectivity index (χ0v) is 12.8. The molecule has 1 aliphatic carbocycles. The molecule has 0 aliphatic heterocycles. The maximum absolute atomic E-state index is 12.9. The number of nitrogens with one attached hydrogen (secondary N) is 1. The number of hydrogen-bond donors (Lipinski definition) is 2. The van der Waals surface area contributed by atoms with Gasteiger partial charge in [0.25, 0.3) is 0 Å². The zero-order chi connectivity index (χ0) is 15.5. The molecule has 1 aromatic carbocycles. The molecular weight excluding hydrogens is 317 g/mol. The van der Waals surface area contributed by atoms with E-state index < -0.39 is 11.7 Å². The molecule has 2 atom stereocenters. The molecule has 124 valence electrons. The third kappa shape index (κ3) is 4.61. The molecule has 0 heterocycles. The first-order valence-electron chi connectivity index (χ1n) is 7.06. The number of nitrogens with two attached hydrogens (primary N) is 1. The number of carbonyl (C=O) groups is 1. The van der Waals surface area contributed by atoms with Crippen molar-refractivity contribution in [1.29, 1.82) is 0 Å². The van der Waals surface area contributed by atoms with Gasteiger partial charge in [-0.15, -0.1) is 12.4 Å². The average Bonchev–Trinajstić information content (AvgIpc) is 2.85. The van der Waals surface area contributed by atoms with E-state index in [0.717, 1.165) is 25.3 Å². The molecule has 0 saturated heterocycles. The van der Waals surface area contributed by atoms with E-state index >= 15 is 0 Å². The Morgan fingerprint density at radius 1 is 1.27 bits per heavy atom.